The summed E-state index contributed by atoms with van der Waals surface area (Å²) in [6, 6.07) is 10.2. The van der Waals surface area contributed by atoms with Gasteiger partial charge in [0.1, 0.15) is 11.6 Å². The summed E-state index contributed by atoms with van der Waals surface area (Å²) in [7, 11) is 0. The monoisotopic (exact) mass is 331 g/mol. The SMILES string of the molecule is O=C(Nc1cccc(F)c1)NC1CC(=O)N(c2ccc(F)cc2)C1. The summed E-state index contributed by atoms with van der Waals surface area (Å²) in [4.78, 5) is 25.5. The lowest BCUT2D eigenvalue weighted by atomic mass is 10.2. The second-order valence-electron chi connectivity index (χ2n) is 5.49. The predicted octanol–water partition coefficient (Wildman–Crippen LogP) is 2.89. The van der Waals surface area contributed by atoms with Crippen LogP contribution >= 0.6 is 0 Å². The summed E-state index contributed by atoms with van der Waals surface area (Å²) in [5.74, 6) is -0.987. The van der Waals surface area contributed by atoms with Crippen molar-refractivity contribution in [2.24, 2.45) is 0 Å². The van der Waals surface area contributed by atoms with Crippen molar-refractivity contribution >= 4 is 23.3 Å². The van der Waals surface area contributed by atoms with Crippen LogP contribution in [0, 0.1) is 11.6 Å². The molecule has 2 N–H and O–H groups in total. The molecule has 0 aromatic heterocycles. The Morgan fingerprint density at radius 1 is 1.08 bits per heavy atom. The first kappa shape index (κ1) is 15.9. The first-order valence-corrected chi connectivity index (χ1v) is 7.40. The number of amides is 3. The number of carbonyl (C=O) groups excluding carboxylic acids is 2. The van der Waals surface area contributed by atoms with E-state index in [1.54, 1.807) is 6.07 Å². The number of hydrogen-bond donors (Lipinski definition) is 2. The lowest BCUT2D eigenvalue weighted by molar-refractivity contribution is -0.117. The van der Waals surface area contributed by atoms with Crippen molar-refractivity contribution in [1.82, 2.24) is 5.32 Å². The lowest BCUT2D eigenvalue weighted by Gasteiger charge is -2.17. The highest BCUT2D eigenvalue weighted by Gasteiger charge is 2.31. The van der Waals surface area contributed by atoms with Crippen LogP contribution < -0.4 is 15.5 Å². The van der Waals surface area contributed by atoms with Crippen LogP contribution in [0.15, 0.2) is 48.5 Å². The van der Waals surface area contributed by atoms with E-state index < -0.39 is 11.8 Å². The average Bonchev–Trinajstić information content (AvgIpc) is 2.88. The van der Waals surface area contributed by atoms with E-state index in [1.807, 2.05) is 0 Å². The molecule has 0 bridgehead atoms. The first-order chi connectivity index (χ1) is 11.5. The zero-order chi connectivity index (χ0) is 17.1. The summed E-state index contributed by atoms with van der Waals surface area (Å²) in [6.07, 6.45) is 0.147. The minimum atomic E-state index is -0.514. The fourth-order valence-corrected chi connectivity index (χ4v) is 2.59. The van der Waals surface area contributed by atoms with E-state index in [9.17, 15) is 18.4 Å². The van der Waals surface area contributed by atoms with Crippen LogP contribution in [0.2, 0.25) is 0 Å². The molecule has 0 radical (unpaired) electrons. The topological polar surface area (TPSA) is 61.4 Å². The van der Waals surface area contributed by atoms with E-state index in [0.717, 1.165) is 0 Å². The van der Waals surface area contributed by atoms with E-state index >= 15 is 0 Å². The molecule has 1 aliphatic rings. The maximum absolute atomic E-state index is 13.1. The van der Waals surface area contributed by atoms with Gasteiger partial charge in [0.2, 0.25) is 5.91 Å². The molecule has 0 spiro atoms. The zero-order valence-corrected chi connectivity index (χ0v) is 12.6. The smallest absolute Gasteiger partial charge is 0.319 e. The van der Waals surface area contributed by atoms with Gasteiger partial charge in [-0.2, -0.15) is 0 Å². The summed E-state index contributed by atoms with van der Waals surface area (Å²) in [5.41, 5.74) is 0.906. The maximum atomic E-state index is 13.1. The molecule has 1 atom stereocenters. The Labute approximate surface area is 137 Å². The fourth-order valence-electron chi connectivity index (χ4n) is 2.59. The van der Waals surface area contributed by atoms with Crippen LogP contribution in [-0.4, -0.2) is 24.5 Å². The van der Waals surface area contributed by atoms with E-state index in [1.165, 1.54) is 47.4 Å². The van der Waals surface area contributed by atoms with E-state index in [2.05, 4.69) is 10.6 Å². The number of hydrogen-bond acceptors (Lipinski definition) is 2. The van der Waals surface area contributed by atoms with Gasteiger partial charge in [0.25, 0.3) is 0 Å². The molecule has 1 fully saturated rings. The number of benzene rings is 2. The minimum Gasteiger partial charge on any atom is -0.333 e. The molecule has 2 aromatic carbocycles. The molecule has 24 heavy (non-hydrogen) atoms. The third-order valence-corrected chi connectivity index (χ3v) is 3.68. The van der Waals surface area contributed by atoms with Gasteiger partial charge in [-0.25, -0.2) is 13.6 Å². The molecular weight excluding hydrogens is 316 g/mol. The molecule has 7 heteroatoms. The molecule has 2 aromatic rings. The molecule has 0 aliphatic carbocycles. The van der Waals surface area contributed by atoms with Crippen molar-refractivity contribution in [1.29, 1.82) is 0 Å². The van der Waals surface area contributed by atoms with Gasteiger partial charge in [-0.05, 0) is 42.5 Å². The average molecular weight is 331 g/mol. The molecule has 1 saturated heterocycles. The Balaban J connectivity index is 1.59. The van der Waals surface area contributed by atoms with E-state index in [4.69, 9.17) is 0 Å². The van der Waals surface area contributed by atoms with Crippen molar-refractivity contribution in [3.05, 3.63) is 60.2 Å². The quantitative estimate of drug-likeness (QED) is 0.908. The molecule has 1 aliphatic heterocycles. The second kappa shape index (κ2) is 6.66. The Kier molecular flexibility index (Phi) is 4.41. The van der Waals surface area contributed by atoms with Gasteiger partial charge >= 0.3 is 6.03 Å². The Morgan fingerprint density at radius 3 is 2.54 bits per heavy atom. The molecule has 1 heterocycles. The largest absolute Gasteiger partial charge is 0.333 e. The Morgan fingerprint density at radius 2 is 1.83 bits per heavy atom. The highest BCUT2D eigenvalue weighted by atomic mass is 19.1. The number of nitrogens with one attached hydrogen (secondary N) is 2. The van der Waals surface area contributed by atoms with Gasteiger partial charge in [0.05, 0.1) is 6.04 Å². The van der Waals surface area contributed by atoms with Gasteiger partial charge in [0, 0.05) is 24.3 Å². The van der Waals surface area contributed by atoms with Gasteiger partial charge in [-0.3, -0.25) is 4.79 Å². The number of carbonyl (C=O) groups is 2. The summed E-state index contributed by atoms with van der Waals surface area (Å²) >= 11 is 0. The van der Waals surface area contributed by atoms with Crippen molar-refractivity contribution in [2.45, 2.75) is 12.5 Å². The number of urea groups is 1. The van der Waals surface area contributed by atoms with Crippen molar-refractivity contribution in [2.75, 3.05) is 16.8 Å². The van der Waals surface area contributed by atoms with Crippen LogP contribution in [0.4, 0.5) is 25.0 Å². The van der Waals surface area contributed by atoms with Gasteiger partial charge in [-0.15, -0.1) is 0 Å². The molecule has 3 rings (SSSR count). The molecule has 0 saturated carbocycles. The highest BCUT2D eigenvalue weighted by molar-refractivity contribution is 5.97. The molecule has 5 nitrogen and oxygen atoms in total. The van der Waals surface area contributed by atoms with Crippen molar-refractivity contribution in [3.63, 3.8) is 0 Å². The summed E-state index contributed by atoms with van der Waals surface area (Å²) < 4.78 is 26.1. The predicted molar refractivity (Wildman–Crippen MR) is 85.7 cm³/mol. The first-order valence-electron chi connectivity index (χ1n) is 7.40. The van der Waals surface area contributed by atoms with Crippen LogP contribution in [-0.2, 0) is 4.79 Å². The lowest BCUT2D eigenvalue weighted by Crippen LogP contribution is -2.39. The van der Waals surface area contributed by atoms with Gasteiger partial charge in [-0.1, -0.05) is 6.07 Å². The van der Waals surface area contributed by atoms with Crippen molar-refractivity contribution in [3.8, 4) is 0 Å². The number of anilines is 2. The van der Waals surface area contributed by atoms with Crippen LogP contribution in [0.25, 0.3) is 0 Å². The third kappa shape index (κ3) is 3.68. The van der Waals surface area contributed by atoms with Gasteiger partial charge < -0.3 is 15.5 Å². The van der Waals surface area contributed by atoms with Crippen LogP contribution in [0.3, 0.4) is 0 Å². The van der Waals surface area contributed by atoms with E-state index in [-0.39, 0.29) is 24.2 Å². The van der Waals surface area contributed by atoms with Crippen molar-refractivity contribution < 1.29 is 18.4 Å². The van der Waals surface area contributed by atoms with Crippen LogP contribution in [0.5, 0.6) is 0 Å². The molecule has 3 amide bonds. The fraction of sp³-hybridized carbons (Fsp3) is 0.176. The molecular formula is C17H15F2N3O2. The Bertz CT molecular complexity index is 765. The summed E-state index contributed by atoms with van der Waals surface area (Å²) in [5, 5.41) is 5.20. The normalized spacial score (nSPS) is 17.0. The van der Waals surface area contributed by atoms with Gasteiger partial charge in [0.15, 0.2) is 0 Å². The highest BCUT2D eigenvalue weighted by Crippen LogP contribution is 2.22. The maximum Gasteiger partial charge on any atom is 0.319 e. The molecule has 124 valence electrons. The second-order valence-corrected chi connectivity index (χ2v) is 5.49. The number of nitrogens with zero attached hydrogens (tertiary/aromatic N) is 1. The third-order valence-electron chi connectivity index (χ3n) is 3.68. The number of rotatable bonds is 3. The minimum absolute atomic E-state index is 0.147. The van der Waals surface area contributed by atoms with Crippen LogP contribution in [0.1, 0.15) is 6.42 Å². The summed E-state index contributed by atoms with van der Waals surface area (Å²) in [6.45, 7) is 0.293. The number of halogens is 2. The zero-order valence-electron chi connectivity index (χ0n) is 12.6. The van der Waals surface area contributed by atoms with E-state index in [0.29, 0.717) is 17.9 Å². The Hall–Kier alpha value is -2.96. The standard InChI is InChI=1S/C17H15F2N3O2/c18-11-4-6-15(7-5-11)22-10-14(9-16(22)23)21-17(24)20-13-3-1-2-12(19)8-13/h1-8,14H,9-10H2,(H2,20,21,24). The molecule has 1 unspecified atom stereocenters.